The van der Waals surface area contributed by atoms with Crippen LogP contribution in [0.1, 0.15) is 66.8 Å². The molecule has 0 radical (unpaired) electrons. The van der Waals surface area contributed by atoms with Gasteiger partial charge in [0.2, 0.25) is 0 Å². The predicted octanol–water partition coefficient (Wildman–Crippen LogP) is 3.56. The molecule has 2 saturated heterocycles. The van der Waals surface area contributed by atoms with E-state index in [0.29, 0.717) is 11.3 Å². The predicted molar refractivity (Wildman–Crippen MR) is 92.7 cm³/mol. The highest BCUT2D eigenvalue weighted by atomic mass is 16.2. The number of carbonyl (C=O) groups excluding carboxylic acids is 1. The molecule has 1 spiro atoms. The van der Waals surface area contributed by atoms with Crippen LogP contribution in [0.25, 0.3) is 0 Å². The summed E-state index contributed by atoms with van der Waals surface area (Å²) in [5.41, 5.74) is 2.68. The third kappa shape index (κ3) is 3.03. The third-order valence-corrected chi connectivity index (χ3v) is 6.29. The summed E-state index contributed by atoms with van der Waals surface area (Å²) in [6.45, 7) is 4.12. The molecule has 23 heavy (non-hydrogen) atoms. The number of benzene rings is 1. The van der Waals surface area contributed by atoms with E-state index in [0.717, 1.165) is 31.7 Å². The van der Waals surface area contributed by atoms with Gasteiger partial charge in [-0.1, -0.05) is 25.0 Å². The van der Waals surface area contributed by atoms with Crippen molar-refractivity contribution in [2.75, 3.05) is 26.2 Å². The van der Waals surface area contributed by atoms with E-state index >= 15 is 0 Å². The highest BCUT2D eigenvalue weighted by molar-refractivity contribution is 5.94. The maximum atomic E-state index is 12.9. The standard InChI is InChI=1S/C20H28N2O/c23-19(22-12-10-20(15-22)8-1-2-9-20)17-6-3-5-16(13-17)18-7-4-11-21-14-18/h3,5-6,13,18,21H,1-2,4,7-12,14-15H2/t18-/m0/s1. The van der Waals surface area contributed by atoms with Crippen LogP contribution >= 0.6 is 0 Å². The van der Waals surface area contributed by atoms with Gasteiger partial charge in [0.25, 0.3) is 5.91 Å². The van der Waals surface area contributed by atoms with Gasteiger partial charge in [-0.25, -0.2) is 0 Å². The van der Waals surface area contributed by atoms with Crippen LogP contribution in [-0.2, 0) is 0 Å². The fourth-order valence-corrected chi connectivity index (χ4v) is 4.89. The Morgan fingerprint density at radius 1 is 1.17 bits per heavy atom. The van der Waals surface area contributed by atoms with E-state index in [9.17, 15) is 4.79 Å². The first-order valence-electron chi connectivity index (χ1n) is 9.36. The van der Waals surface area contributed by atoms with Crippen molar-refractivity contribution < 1.29 is 4.79 Å². The second kappa shape index (κ2) is 6.27. The van der Waals surface area contributed by atoms with Crippen LogP contribution in [0.3, 0.4) is 0 Å². The van der Waals surface area contributed by atoms with Crippen LogP contribution in [0, 0.1) is 5.41 Å². The van der Waals surface area contributed by atoms with Gasteiger partial charge in [0, 0.05) is 25.2 Å². The second-order valence-corrected chi connectivity index (χ2v) is 7.85. The molecule has 1 aliphatic carbocycles. The first-order valence-corrected chi connectivity index (χ1v) is 9.36. The quantitative estimate of drug-likeness (QED) is 0.905. The van der Waals surface area contributed by atoms with Crippen molar-refractivity contribution in [1.29, 1.82) is 0 Å². The van der Waals surface area contributed by atoms with Crippen LogP contribution in [0.2, 0.25) is 0 Å². The number of piperidine rings is 1. The van der Waals surface area contributed by atoms with Gasteiger partial charge in [0.1, 0.15) is 0 Å². The highest BCUT2D eigenvalue weighted by Crippen LogP contribution is 2.45. The molecule has 3 heteroatoms. The van der Waals surface area contributed by atoms with E-state index in [1.165, 1.54) is 50.5 Å². The average molecular weight is 312 g/mol. The Hall–Kier alpha value is -1.35. The zero-order valence-corrected chi connectivity index (χ0v) is 14.0. The van der Waals surface area contributed by atoms with E-state index < -0.39 is 0 Å². The summed E-state index contributed by atoms with van der Waals surface area (Å²) >= 11 is 0. The number of rotatable bonds is 2. The highest BCUT2D eigenvalue weighted by Gasteiger charge is 2.41. The van der Waals surface area contributed by atoms with Crippen molar-refractivity contribution in [2.45, 2.75) is 50.9 Å². The Balaban J connectivity index is 1.48. The van der Waals surface area contributed by atoms with E-state index in [1.54, 1.807) is 0 Å². The molecule has 1 aromatic carbocycles. The summed E-state index contributed by atoms with van der Waals surface area (Å²) in [7, 11) is 0. The molecule has 3 aliphatic rings. The zero-order valence-electron chi connectivity index (χ0n) is 14.0. The van der Waals surface area contributed by atoms with Gasteiger partial charge < -0.3 is 10.2 Å². The topological polar surface area (TPSA) is 32.3 Å². The fourth-order valence-electron chi connectivity index (χ4n) is 4.89. The minimum atomic E-state index is 0.249. The summed E-state index contributed by atoms with van der Waals surface area (Å²) in [5, 5.41) is 3.47. The van der Waals surface area contributed by atoms with Crippen LogP contribution in [0.4, 0.5) is 0 Å². The summed E-state index contributed by atoms with van der Waals surface area (Å²) in [5.74, 6) is 0.815. The summed E-state index contributed by atoms with van der Waals surface area (Å²) in [6.07, 6.45) is 9.04. The lowest BCUT2D eigenvalue weighted by atomic mass is 9.86. The van der Waals surface area contributed by atoms with Gasteiger partial charge in [-0.15, -0.1) is 0 Å². The molecule has 2 aliphatic heterocycles. The smallest absolute Gasteiger partial charge is 0.253 e. The van der Waals surface area contributed by atoms with E-state index in [-0.39, 0.29) is 5.91 Å². The third-order valence-electron chi connectivity index (χ3n) is 6.29. The summed E-state index contributed by atoms with van der Waals surface area (Å²) in [6, 6.07) is 8.41. The SMILES string of the molecule is O=C(c1cccc([C@H]2CCCNC2)c1)N1CCC2(CCCC2)C1. The van der Waals surface area contributed by atoms with Crippen molar-refractivity contribution in [3.8, 4) is 0 Å². The van der Waals surface area contributed by atoms with Crippen molar-refractivity contribution in [3.05, 3.63) is 35.4 Å². The van der Waals surface area contributed by atoms with Crippen LogP contribution in [-0.4, -0.2) is 37.0 Å². The summed E-state index contributed by atoms with van der Waals surface area (Å²) < 4.78 is 0. The molecule has 3 nitrogen and oxygen atoms in total. The van der Waals surface area contributed by atoms with E-state index in [1.807, 2.05) is 6.07 Å². The monoisotopic (exact) mass is 312 g/mol. The van der Waals surface area contributed by atoms with Gasteiger partial charge in [-0.05, 0) is 67.7 Å². The zero-order chi connectivity index (χ0) is 15.7. The molecule has 1 saturated carbocycles. The number of carbonyl (C=O) groups is 1. The van der Waals surface area contributed by atoms with Crippen LogP contribution in [0.5, 0.6) is 0 Å². The average Bonchev–Trinajstić information content (AvgIpc) is 3.25. The Bertz CT molecular complexity index is 571. The van der Waals surface area contributed by atoms with Crippen molar-refractivity contribution in [2.24, 2.45) is 5.41 Å². The number of hydrogen-bond donors (Lipinski definition) is 1. The maximum absolute atomic E-state index is 12.9. The molecular formula is C20H28N2O. The Labute approximate surface area is 139 Å². The van der Waals surface area contributed by atoms with E-state index in [4.69, 9.17) is 0 Å². The molecule has 0 aromatic heterocycles. The van der Waals surface area contributed by atoms with Gasteiger partial charge in [0.05, 0.1) is 0 Å². The second-order valence-electron chi connectivity index (χ2n) is 7.85. The number of amides is 1. The van der Waals surface area contributed by atoms with Crippen molar-refractivity contribution in [3.63, 3.8) is 0 Å². The van der Waals surface area contributed by atoms with Gasteiger partial charge in [0.15, 0.2) is 0 Å². The lowest BCUT2D eigenvalue weighted by Gasteiger charge is -2.25. The molecule has 0 bridgehead atoms. The molecule has 0 unspecified atom stereocenters. The number of nitrogens with zero attached hydrogens (tertiary/aromatic N) is 1. The van der Waals surface area contributed by atoms with Crippen molar-refractivity contribution >= 4 is 5.91 Å². The minimum absolute atomic E-state index is 0.249. The van der Waals surface area contributed by atoms with Gasteiger partial charge >= 0.3 is 0 Å². The van der Waals surface area contributed by atoms with Gasteiger partial charge in [-0.2, -0.15) is 0 Å². The number of nitrogens with one attached hydrogen (secondary N) is 1. The molecule has 1 atom stereocenters. The Kier molecular flexibility index (Phi) is 4.14. The number of hydrogen-bond acceptors (Lipinski definition) is 2. The van der Waals surface area contributed by atoms with Crippen molar-refractivity contribution in [1.82, 2.24) is 10.2 Å². The fraction of sp³-hybridized carbons (Fsp3) is 0.650. The molecule has 1 N–H and O–H groups in total. The van der Waals surface area contributed by atoms with Crippen LogP contribution < -0.4 is 5.32 Å². The molecule has 1 aromatic rings. The van der Waals surface area contributed by atoms with E-state index in [2.05, 4.69) is 28.4 Å². The lowest BCUT2D eigenvalue weighted by molar-refractivity contribution is 0.0773. The minimum Gasteiger partial charge on any atom is -0.338 e. The van der Waals surface area contributed by atoms with Crippen LogP contribution in [0.15, 0.2) is 24.3 Å². The maximum Gasteiger partial charge on any atom is 0.253 e. The molecule has 4 rings (SSSR count). The first kappa shape index (κ1) is 15.2. The molecular weight excluding hydrogens is 284 g/mol. The Morgan fingerprint density at radius 2 is 2.04 bits per heavy atom. The number of likely N-dealkylation sites (tertiary alicyclic amines) is 1. The summed E-state index contributed by atoms with van der Waals surface area (Å²) in [4.78, 5) is 15.0. The molecule has 2 heterocycles. The lowest BCUT2D eigenvalue weighted by Crippen LogP contribution is -2.31. The first-order chi connectivity index (χ1) is 11.3. The largest absolute Gasteiger partial charge is 0.338 e. The van der Waals surface area contributed by atoms with Gasteiger partial charge in [-0.3, -0.25) is 4.79 Å². The Morgan fingerprint density at radius 3 is 2.83 bits per heavy atom. The molecule has 3 fully saturated rings. The molecule has 124 valence electrons. The normalized spacial score (nSPS) is 26.8. The molecule has 1 amide bonds.